The predicted molar refractivity (Wildman–Crippen MR) is 39.7 cm³/mol. The van der Waals surface area contributed by atoms with E-state index in [1.54, 1.807) is 11.0 Å². The van der Waals surface area contributed by atoms with Gasteiger partial charge < -0.3 is 0 Å². The molecule has 4 nitrogen and oxygen atoms in total. The Labute approximate surface area is 65.5 Å². The van der Waals surface area contributed by atoms with E-state index in [1.165, 1.54) is 0 Å². The quantitative estimate of drug-likeness (QED) is 0.552. The number of nitriles is 1. The third-order valence-corrected chi connectivity index (χ3v) is 1.28. The third kappa shape index (κ3) is 1.55. The molecule has 0 unspecified atom stereocenters. The van der Waals surface area contributed by atoms with Crippen molar-refractivity contribution in [3.05, 3.63) is 12.2 Å². The summed E-state index contributed by atoms with van der Waals surface area (Å²) in [7, 11) is 0. The maximum absolute atomic E-state index is 8.43. The van der Waals surface area contributed by atoms with Gasteiger partial charge in [-0.15, -0.1) is 5.10 Å². The normalized spacial score (nSPS) is 11.1. The Bertz CT molecular complexity index is 286. The minimum Gasteiger partial charge on any atom is -0.246 e. The highest BCUT2D eigenvalue weighted by atomic mass is 15.4. The van der Waals surface area contributed by atoms with Crippen molar-refractivity contribution in [2.24, 2.45) is 0 Å². The van der Waals surface area contributed by atoms with Crippen LogP contribution >= 0.6 is 0 Å². The highest BCUT2D eigenvalue weighted by Gasteiger charge is 2.14. The summed E-state index contributed by atoms with van der Waals surface area (Å²) in [6, 6.07) is 1.88. The molecular weight excluding hydrogens is 140 g/mol. The van der Waals surface area contributed by atoms with Gasteiger partial charge in [-0.1, -0.05) is 0 Å². The first-order chi connectivity index (χ1) is 5.04. The Morgan fingerprint density at radius 2 is 2.18 bits per heavy atom. The Morgan fingerprint density at radius 1 is 1.55 bits per heavy atom. The third-order valence-electron chi connectivity index (χ3n) is 1.28. The summed E-state index contributed by atoms with van der Waals surface area (Å²) in [5.74, 6) is 0.222. The van der Waals surface area contributed by atoms with Gasteiger partial charge in [-0.3, -0.25) is 0 Å². The Balaban J connectivity index is 3.01. The maximum Gasteiger partial charge on any atom is 0.252 e. The minimum atomic E-state index is -0.0951. The van der Waals surface area contributed by atoms with Crippen LogP contribution in [0.5, 0.6) is 0 Å². The minimum absolute atomic E-state index is 0.0951. The molecule has 0 fully saturated rings. The zero-order chi connectivity index (χ0) is 8.48. The highest BCUT2D eigenvalue weighted by molar-refractivity contribution is 5.05. The van der Waals surface area contributed by atoms with Crippen LogP contribution in [0.25, 0.3) is 0 Å². The summed E-state index contributed by atoms with van der Waals surface area (Å²) in [6.07, 6.45) is 1.57. The number of hydrogen-bond donors (Lipinski definition) is 0. The van der Waals surface area contributed by atoms with E-state index in [2.05, 4.69) is 10.1 Å². The van der Waals surface area contributed by atoms with Crippen molar-refractivity contribution >= 4 is 0 Å². The van der Waals surface area contributed by atoms with E-state index >= 15 is 0 Å². The molecule has 0 aliphatic heterocycles. The second kappa shape index (κ2) is 2.35. The molecular formula is C7H10N4. The highest BCUT2D eigenvalue weighted by Crippen LogP contribution is 2.10. The van der Waals surface area contributed by atoms with E-state index < -0.39 is 0 Å². The standard InChI is InChI=1S/C7H10N4/c1-7(2,3)11-5-9-6(4-8)10-11/h5H,1-3H3. The molecule has 0 atom stereocenters. The molecule has 0 amide bonds. The SMILES string of the molecule is CC(C)(C)n1cnc(C#N)n1. The second-order valence-corrected chi connectivity index (χ2v) is 3.30. The predicted octanol–water partition coefficient (Wildman–Crippen LogP) is 0.905. The van der Waals surface area contributed by atoms with Crippen LogP contribution in [-0.4, -0.2) is 14.8 Å². The second-order valence-electron chi connectivity index (χ2n) is 3.30. The van der Waals surface area contributed by atoms with Gasteiger partial charge in [-0.05, 0) is 20.8 Å². The molecule has 0 aliphatic carbocycles. The van der Waals surface area contributed by atoms with Crippen molar-refractivity contribution in [2.75, 3.05) is 0 Å². The molecule has 1 aromatic rings. The van der Waals surface area contributed by atoms with E-state index in [0.29, 0.717) is 0 Å². The Kier molecular flexibility index (Phi) is 1.65. The van der Waals surface area contributed by atoms with Crippen LogP contribution < -0.4 is 0 Å². The van der Waals surface area contributed by atoms with Crippen LogP contribution in [0.2, 0.25) is 0 Å². The van der Waals surface area contributed by atoms with E-state index in [9.17, 15) is 0 Å². The van der Waals surface area contributed by atoms with Gasteiger partial charge >= 0.3 is 0 Å². The first kappa shape index (κ1) is 7.73. The average Bonchev–Trinajstić information content (AvgIpc) is 2.32. The molecule has 0 saturated carbocycles. The molecule has 0 bridgehead atoms. The van der Waals surface area contributed by atoms with Gasteiger partial charge in [0.1, 0.15) is 12.4 Å². The summed E-state index contributed by atoms with van der Waals surface area (Å²) in [5, 5.41) is 12.4. The van der Waals surface area contributed by atoms with Crippen LogP contribution in [0.15, 0.2) is 6.33 Å². The lowest BCUT2D eigenvalue weighted by atomic mass is 10.1. The summed E-state index contributed by atoms with van der Waals surface area (Å²) < 4.78 is 1.67. The molecule has 0 N–H and O–H groups in total. The van der Waals surface area contributed by atoms with Gasteiger partial charge in [-0.2, -0.15) is 5.26 Å². The lowest BCUT2D eigenvalue weighted by Crippen LogP contribution is -2.22. The van der Waals surface area contributed by atoms with Gasteiger partial charge in [0.15, 0.2) is 0 Å². The van der Waals surface area contributed by atoms with E-state index in [1.807, 2.05) is 26.8 Å². The van der Waals surface area contributed by atoms with E-state index in [-0.39, 0.29) is 11.4 Å². The van der Waals surface area contributed by atoms with Gasteiger partial charge in [0.2, 0.25) is 0 Å². The summed E-state index contributed by atoms with van der Waals surface area (Å²) in [5.41, 5.74) is -0.0951. The van der Waals surface area contributed by atoms with Crippen LogP contribution in [0.3, 0.4) is 0 Å². The lowest BCUT2D eigenvalue weighted by Gasteiger charge is -2.17. The van der Waals surface area contributed by atoms with Crippen molar-refractivity contribution in [2.45, 2.75) is 26.3 Å². The summed E-state index contributed by atoms with van der Waals surface area (Å²) in [6.45, 7) is 6.01. The number of rotatable bonds is 0. The molecule has 58 valence electrons. The molecule has 4 heteroatoms. The first-order valence-corrected chi connectivity index (χ1v) is 3.36. The largest absolute Gasteiger partial charge is 0.252 e. The zero-order valence-electron chi connectivity index (χ0n) is 6.87. The van der Waals surface area contributed by atoms with Crippen molar-refractivity contribution in [3.8, 4) is 6.07 Å². The first-order valence-electron chi connectivity index (χ1n) is 3.36. The molecule has 0 radical (unpaired) electrons. The van der Waals surface area contributed by atoms with Crippen LogP contribution in [0.1, 0.15) is 26.6 Å². The molecule has 0 aromatic carbocycles. The van der Waals surface area contributed by atoms with Crippen molar-refractivity contribution in [1.82, 2.24) is 14.8 Å². The number of nitrogens with zero attached hydrogens (tertiary/aromatic N) is 4. The van der Waals surface area contributed by atoms with Gasteiger partial charge in [0.25, 0.3) is 5.82 Å². The molecule has 0 spiro atoms. The maximum atomic E-state index is 8.43. The monoisotopic (exact) mass is 150 g/mol. The molecule has 1 aromatic heterocycles. The van der Waals surface area contributed by atoms with Crippen LogP contribution in [0, 0.1) is 11.3 Å². The average molecular weight is 150 g/mol. The van der Waals surface area contributed by atoms with Crippen LogP contribution in [-0.2, 0) is 5.54 Å². The van der Waals surface area contributed by atoms with Crippen molar-refractivity contribution < 1.29 is 0 Å². The smallest absolute Gasteiger partial charge is 0.246 e. The number of aromatic nitrogens is 3. The van der Waals surface area contributed by atoms with Crippen molar-refractivity contribution in [1.29, 1.82) is 5.26 Å². The Morgan fingerprint density at radius 3 is 2.45 bits per heavy atom. The van der Waals surface area contributed by atoms with Gasteiger partial charge in [0.05, 0.1) is 5.54 Å². The summed E-state index contributed by atoms with van der Waals surface area (Å²) in [4.78, 5) is 3.79. The molecule has 1 heterocycles. The fourth-order valence-electron chi connectivity index (χ4n) is 0.637. The fraction of sp³-hybridized carbons (Fsp3) is 0.571. The lowest BCUT2D eigenvalue weighted by molar-refractivity contribution is 0.354. The molecule has 11 heavy (non-hydrogen) atoms. The van der Waals surface area contributed by atoms with E-state index in [0.717, 1.165) is 0 Å². The number of hydrogen-bond acceptors (Lipinski definition) is 3. The van der Waals surface area contributed by atoms with E-state index in [4.69, 9.17) is 5.26 Å². The fourth-order valence-corrected chi connectivity index (χ4v) is 0.637. The Hall–Kier alpha value is -1.37. The van der Waals surface area contributed by atoms with Crippen LogP contribution in [0.4, 0.5) is 0 Å². The molecule has 0 saturated heterocycles. The molecule has 0 aliphatic rings. The van der Waals surface area contributed by atoms with Crippen molar-refractivity contribution in [3.63, 3.8) is 0 Å². The summed E-state index contributed by atoms with van der Waals surface area (Å²) >= 11 is 0. The van der Waals surface area contributed by atoms with Gasteiger partial charge in [-0.25, -0.2) is 9.67 Å². The molecule has 1 rings (SSSR count). The topological polar surface area (TPSA) is 54.5 Å². The zero-order valence-corrected chi connectivity index (χ0v) is 6.87. The van der Waals surface area contributed by atoms with Gasteiger partial charge in [0, 0.05) is 0 Å².